The van der Waals surface area contributed by atoms with Gasteiger partial charge in [0.25, 0.3) is 11.4 Å². The zero-order valence-corrected chi connectivity index (χ0v) is 27.9. The standard InChI is InChI=1S/2C14H18ClNO8/c2*1-3-22-14(18)9-4-11(16(19)20)13(15)12(5-9)23-7-10(6-17)24-8-21-2/h2*4-5,10,17H,3,6-8H2,1-2H3/t2*10-/m10/s1. The van der Waals surface area contributed by atoms with Crippen molar-refractivity contribution < 1.29 is 67.5 Å². The van der Waals surface area contributed by atoms with Crippen LogP contribution in [-0.2, 0) is 28.4 Å². The van der Waals surface area contributed by atoms with E-state index in [1.54, 1.807) is 13.8 Å². The van der Waals surface area contributed by atoms with Gasteiger partial charge in [-0.15, -0.1) is 0 Å². The summed E-state index contributed by atoms with van der Waals surface area (Å²) in [4.78, 5) is 44.3. The number of hydrogen-bond donors (Lipinski definition) is 2. The smallest absolute Gasteiger partial charge is 0.338 e. The van der Waals surface area contributed by atoms with Gasteiger partial charge in [0.2, 0.25) is 0 Å². The third-order valence-electron chi connectivity index (χ3n) is 5.56. The Morgan fingerprint density at radius 1 is 0.729 bits per heavy atom. The lowest BCUT2D eigenvalue weighted by atomic mass is 10.2. The van der Waals surface area contributed by atoms with Gasteiger partial charge in [-0.3, -0.25) is 20.2 Å². The Bertz CT molecular complexity index is 1260. The van der Waals surface area contributed by atoms with E-state index in [0.717, 1.165) is 12.1 Å². The summed E-state index contributed by atoms with van der Waals surface area (Å²) in [7, 11) is 2.83. The largest absolute Gasteiger partial charge is 0.489 e. The first-order valence-corrected chi connectivity index (χ1v) is 14.6. The van der Waals surface area contributed by atoms with E-state index in [0.29, 0.717) is 0 Å². The van der Waals surface area contributed by atoms with E-state index < -0.39 is 45.4 Å². The molecule has 20 heteroatoms. The van der Waals surface area contributed by atoms with Crippen molar-refractivity contribution in [2.75, 3.05) is 67.4 Å². The molecule has 268 valence electrons. The predicted molar refractivity (Wildman–Crippen MR) is 167 cm³/mol. The molecule has 0 saturated heterocycles. The SMILES string of the molecule is CCOC(=O)c1cc(OC[C@@H](CO)OCOC)c(Cl)c([N+](=O)[O-])c1.CCOC(=O)c1cc(OC[C@H](CO)OCOC)c(Cl)c([N+](=O)[O-])c1. The molecule has 0 bridgehead atoms. The number of carbonyl (C=O) groups excluding carboxylic acids is 2. The van der Waals surface area contributed by atoms with Gasteiger partial charge in [0, 0.05) is 26.4 Å². The van der Waals surface area contributed by atoms with Gasteiger partial charge in [0.1, 0.15) is 50.5 Å². The van der Waals surface area contributed by atoms with Gasteiger partial charge in [0.05, 0.1) is 47.4 Å². The van der Waals surface area contributed by atoms with E-state index in [2.05, 4.69) is 0 Å². The third-order valence-corrected chi connectivity index (χ3v) is 6.32. The van der Waals surface area contributed by atoms with Crippen LogP contribution in [0, 0.1) is 20.2 Å². The number of nitro benzene ring substituents is 2. The molecule has 2 aromatic carbocycles. The number of halogens is 2. The van der Waals surface area contributed by atoms with Crippen molar-refractivity contribution >= 4 is 46.5 Å². The van der Waals surface area contributed by atoms with Crippen LogP contribution in [0.4, 0.5) is 11.4 Å². The van der Waals surface area contributed by atoms with Gasteiger partial charge in [0.15, 0.2) is 10.0 Å². The van der Waals surface area contributed by atoms with Crippen molar-refractivity contribution in [3.05, 3.63) is 65.7 Å². The molecule has 18 nitrogen and oxygen atoms in total. The van der Waals surface area contributed by atoms with Crippen molar-refractivity contribution in [2.45, 2.75) is 26.1 Å². The molecule has 0 aromatic heterocycles. The second-order valence-corrected chi connectivity index (χ2v) is 9.70. The number of aliphatic hydroxyl groups is 2. The average Bonchev–Trinajstić information content (AvgIpc) is 3.06. The summed E-state index contributed by atoms with van der Waals surface area (Å²) in [5.74, 6) is -1.66. The molecular formula is C28H36Cl2N2O16. The summed E-state index contributed by atoms with van der Waals surface area (Å²) in [6.45, 7) is 2.30. The van der Waals surface area contributed by atoms with Crippen LogP contribution < -0.4 is 9.47 Å². The van der Waals surface area contributed by atoms with Crippen molar-refractivity contribution in [1.29, 1.82) is 0 Å². The molecule has 2 atom stereocenters. The van der Waals surface area contributed by atoms with Crippen molar-refractivity contribution in [3.63, 3.8) is 0 Å². The molecule has 0 saturated carbocycles. The van der Waals surface area contributed by atoms with E-state index in [4.69, 9.17) is 61.1 Å². The number of esters is 2. The Labute approximate surface area is 284 Å². The van der Waals surface area contributed by atoms with Gasteiger partial charge < -0.3 is 48.1 Å². The summed E-state index contributed by atoms with van der Waals surface area (Å²) >= 11 is 11.9. The fourth-order valence-corrected chi connectivity index (χ4v) is 3.77. The van der Waals surface area contributed by atoms with Crippen molar-refractivity contribution in [2.24, 2.45) is 0 Å². The maximum Gasteiger partial charge on any atom is 0.338 e. The van der Waals surface area contributed by atoms with Crippen LogP contribution in [-0.4, -0.2) is 112 Å². The van der Waals surface area contributed by atoms with Gasteiger partial charge in [-0.1, -0.05) is 23.2 Å². The van der Waals surface area contributed by atoms with E-state index in [9.17, 15) is 40.0 Å². The molecule has 0 aliphatic carbocycles. The Kier molecular flexibility index (Phi) is 19.9. The Morgan fingerprint density at radius 2 is 1.08 bits per heavy atom. The number of hydrogen-bond acceptors (Lipinski definition) is 16. The first-order chi connectivity index (χ1) is 22.9. The Morgan fingerprint density at radius 3 is 1.35 bits per heavy atom. The average molecular weight is 728 g/mol. The Hall–Kier alpha value is -3.88. The van der Waals surface area contributed by atoms with Crippen LogP contribution in [0.1, 0.15) is 34.6 Å². The van der Waals surface area contributed by atoms with Gasteiger partial charge in [-0.25, -0.2) is 9.59 Å². The molecule has 48 heavy (non-hydrogen) atoms. The van der Waals surface area contributed by atoms with Crippen LogP contribution in [0.3, 0.4) is 0 Å². The summed E-state index contributed by atoms with van der Waals surface area (Å²) in [6, 6.07) is 4.49. The van der Waals surface area contributed by atoms with E-state index >= 15 is 0 Å². The zero-order valence-electron chi connectivity index (χ0n) is 26.4. The maximum absolute atomic E-state index is 11.8. The number of aliphatic hydroxyl groups excluding tert-OH is 2. The molecular weight excluding hydrogens is 691 g/mol. The molecule has 0 fully saturated rings. The maximum atomic E-state index is 11.8. The van der Waals surface area contributed by atoms with Crippen LogP contribution in [0.5, 0.6) is 11.5 Å². The number of rotatable bonds is 20. The minimum Gasteiger partial charge on any atom is -0.489 e. The quantitative estimate of drug-likeness (QED) is 0.0858. The number of nitrogens with zero attached hydrogens (tertiary/aromatic N) is 2. The number of ether oxygens (including phenoxy) is 8. The predicted octanol–water partition coefficient (Wildman–Crippen LogP) is 3.57. The molecule has 0 aliphatic rings. The number of benzene rings is 2. The second-order valence-electron chi connectivity index (χ2n) is 8.95. The van der Waals surface area contributed by atoms with E-state index in [1.165, 1.54) is 26.4 Å². The van der Waals surface area contributed by atoms with Gasteiger partial charge >= 0.3 is 11.9 Å². The lowest BCUT2D eigenvalue weighted by Crippen LogP contribution is -2.26. The highest BCUT2D eigenvalue weighted by molar-refractivity contribution is 6.34. The minimum absolute atomic E-state index is 0.0642. The van der Waals surface area contributed by atoms with E-state index in [1.807, 2.05) is 0 Å². The zero-order chi connectivity index (χ0) is 36.2. The first-order valence-electron chi connectivity index (χ1n) is 13.9. The van der Waals surface area contributed by atoms with Crippen molar-refractivity contribution in [3.8, 4) is 11.5 Å². The Balaban J connectivity index is 0.000000480. The van der Waals surface area contributed by atoms with Gasteiger partial charge in [-0.05, 0) is 26.0 Å². The molecule has 2 rings (SSSR count). The van der Waals surface area contributed by atoms with Crippen LogP contribution in [0.15, 0.2) is 24.3 Å². The normalized spacial score (nSPS) is 11.8. The minimum atomic E-state index is -0.739. The monoisotopic (exact) mass is 726 g/mol. The molecule has 0 radical (unpaired) electrons. The second kappa shape index (κ2) is 22.6. The summed E-state index contributed by atoms with van der Waals surface area (Å²) < 4.78 is 40.0. The third kappa shape index (κ3) is 13.7. The summed E-state index contributed by atoms with van der Waals surface area (Å²) in [5, 5.41) is 40.0. The number of methoxy groups -OCH3 is 2. The fraction of sp³-hybridized carbons (Fsp3) is 0.500. The summed E-state index contributed by atoms with van der Waals surface area (Å²) in [5.41, 5.74) is -1.12. The molecule has 0 aliphatic heterocycles. The lowest BCUT2D eigenvalue weighted by Gasteiger charge is -2.16. The molecule has 0 unspecified atom stereocenters. The molecule has 2 N–H and O–H groups in total. The lowest BCUT2D eigenvalue weighted by molar-refractivity contribution is -0.385. The van der Waals surface area contributed by atoms with Crippen molar-refractivity contribution in [1.82, 2.24) is 0 Å². The van der Waals surface area contributed by atoms with Crippen LogP contribution >= 0.6 is 23.2 Å². The highest BCUT2D eigenvalue weighted by Gasteiger charge is 2.25. The van der Waals surface area contributed by atoms with Crippen LogP contribution in [0.25, 0.3) is 0 Å². The van der Waals surface area contributed by atoms with Gasteiger partial charge in [-0.2, -0.15) is 0 Å². The topological polar surface area (TPSA) is 235 Å². The first kappa shape index (κ1) is 42.1. The number of nitro groups is 2. The summed E-state index contributed by atoms with van der Waals surface area (Å²) in [6.07, 6.45) is -1.46. The van der Waals surface area contributed by atoms with Crippen LogP contribution in [0.2, 0.25) is 10.0 Å². The highest BCUT2D eigenvalue weighted by Crippen LogP contribution is 2.37. The van der Waals surface area contributed by atoms with E-state index in [-0.39, 0.29) is 85.9 Å². The molecule has 0 heterocycles. The highest BCUT2D eigenvalue weighted by atomic mass is 35.5. The molecule has 2 aromatic rings. The fourth-order valence-electron chi connectivity index (χ4n) is 3.31. The molecule has 0 spiro atoms. The number of carbonyl (C=O) groups is 2. The molecule has 0 amide bonds.